The maximum absolute atomic E-state index is 4.89. The summed E-state index contributed by atoms with van der Waals surface area (Å²) in [5.74, 6) is 0.531. The Morgan fingerprint density at radius 1 is 0.914 bits per heavy atom. The number of aromatic nitrogens is 5. The molecule has 6 nitrogen and oxygen atoms in total. The van der Waals surface area contributed by atoms with Gasteiger partial charge in [0.25, 0.3) is 0 Å². The highest BCUT2D eigenvalue weighted by Crippen LogP contribution is 2.37. The van der Waals surface area contributed by atoms with Crippen molar-refractivity contribution in [2.45, 2.75) is 50.6 Å². The molecule has 1 aliphatic carbocycles. The lowest BCUT2D eigenvalue weighted by atomic mass is 9.96. The van der Waals surface area contributed by atoms with E-state index in [4.69, 9.17) is 5.10 Å². The number of nitrogens with zero attached hydrogens (tertiary/aromatic N) is 6. The highest BCUT2D eigenvalue weighted by Gasteiger charge is 2.31. The molecule has 2 aliphatic rings. The Labute approximate surface area is 205 Å². The fraction of sp³-hybridized carbons (Fsp3) is 0.345. The molecule has 1 aliphatic heterocycles. The van der Waals surface area contributed by atoms with Crippen molar-refractivity contribution < 1.29 is 0 Å². The van der Waals surface area contributed by atoms with Crippen LogP contribution in [0.25, 0.3) is 27.5 Å². The first-order valence-electron chi connectivity index (χ1n) is 12.9. The van der Waals surface area contributed by atoms with Gasteiger partial charge in [0.1, 0.15) is 6.33 Å². The molecule has 0 amide bonds. The number of hydrogen-bond donors (Lipinski definition) is 0. The standard InChI is InChI=1S/C29H30N6/c1-2-5-21(6-3-1)18-34-19-24-9-8-23(15-27(24)32-34)26-16-28(35-29(26)17-30-20-31-35)22-7-4-13-33(14-12-22)25-10-11-25/h1-3,5-6,8-9,15-17,19-20,22,25H,4,7,10-14,18H2. The summed E-state index contributed by atoms with van der Waals surface area (Å²) in [5.41, 5.74) is 7.05. The molecule has 5 aromatic rings. The van der Waals surface area contributed by atoms with Gasteiger partial charge in [0.05, 0.1) is 23.8 Å². The first-order valence-corrected chi connectivity index (χ1v) is 12.9. The molecule has 0 N–H and O–H groups in total. The Balaban J connectivity index is 1.23. The van der Waals surface area contributed by atoms with E-state index in [1.807, 2.05) is 16.9 Å². The topological polar surface area (TPSA) is 51.2 Å². The van der Waals surface area contributed by atoms with Crippen LogP contribution in [0.15, 0.2) is 73.3 Å². The van der Waals surface area contributed by atoms with E-state index in [2.05, 4.69) is 74.2 Å². The Morgan fingerprint density at radius 3 is 2.71 bits per heavy atom. The van der Waals surface area contributed by atoms with Gasteiger partial charge in [0.2, 0.25) is 0 Å². The maximum atomic E-state index is 4.89. The number of likely N-dealkylation sites (tertiary alicyclic amines) is 1. The van der Waals surface area contributed by atoms with Crippen molar-refractivity contribution in [3.05, 3.63) is 84.6 Å². The second-order valence-electron chi connectivity index (χ2n) is 10.2. The third kappa shape index (κ3) is 4.02. The van der Waals surface area contributed by atoms with Crippen molar-refractivity contribution in [2.24, 2.45) is 0 Å². The van der Waals surface area contributed by atoms with Gasteiger partial charge < -0.3 is 4.90 Å². The Bertz CT molecular complexity index is 1480. The molecule has 35 heavy (non-hydrogen) atoms. The first kappa shape index (κ1) is 20.8. The van der Waals surface area contributed by atoms with Crippen LogP contribution in [0, 0.1) is 0 Å². The normalized spacial score (nSPS) is 19.4. The summed E-state index contributed by atoms with van der Waals surface area (Å²) in [6, 6.07) is 20.3. The molecule has 1 atom stereocenters. The second kappa shape index (κ2) is 8.61. The van der Waals surface area contributed by atoms with Crippen molar-refractivity contribution in [3.8, 4) is 11.1 Å². The fourth-order valence-electron chi connectivity index (χ4n) is 5.80. The lowest BCUT2D eigenvalue weighted by Gasteiger charge is -2.19. The van der Waals surface area contributed by atoms with Gasteiger partial charge in [-0.1, -0.05) is 42.5 Å². The van der Waals surface area contributed by atoms with Crippen LogP contribution < -0.4 is 0 Å². The molecule has 0 spiro atoms. The molecule has 6 heteroatoms. The molecule has 1 saturated heterocycles. The van der Waals surface area contributed by atoms with Crippen LogP contribution in [0.1, 0.15) is 49.3 Å². The zero-order valence-corrected chi connectivity index (χ0v) is 19.9. The van der Waals surface area contributed by atoms with E-state index in [9.17, 15) is 0 Å². The zero-order valence-electron chi connectivity index (χ0n) is 19.9. The second-order valence-corrected chi connectivity index (χ2v) is 10.2. The molecule has 2 fully saturated rings. The van der Waals surface area contributed by atoms with Crippen LogP contribution in [0.4, 0.5) is 0 Å². The average Bonchev–Trinajstić information content (AvgIpc) is 3.61. The van der Waals surface area contributed by atoms with E-state index in [1.54, 1.807) is 6.33 Å². The van der Waals surface area contributed by atoms with Crippen molar-refractivity contribution in [3.63, 3.8) is 0 Å². The van der Waals surface area contributed by atoms with Gasteiger partial charge in [0, 0.05) is 34.8 Å². The van der Waals surface area contributed by atoms with Crippen LogP contribution in [0.2, 0.25) is 0 Å². The predicted octanol–water partition coefficient (Wildman–Crippen LogP) is 5.53. The van der Waals surface area contributed by atoms with Crippen LogP contribution >= 0.6 is 0 Å². The summed E-state index contributed by atoms with van der Waals surface area (Å²) in [6.07, 6.45) is 12.2. The molecule has 4 heterocycles. The Hall–Kier alpha value is -3.51. The average molecular weight is 463 g/mol. The number of fused-ring (bicyclic) bond motifs is 2. The minimum Gasteiger partial charge on any atom is -0.300 e. The molecule has 0 radical (unpaired) electrons. The largest absolute Gasteiger partial charge is 0.300 e. The van der Waals surface area contributed by atoms with Crippen molar-refractivity contribution in [1.82, 2.24) is 29.3 Å². The van der Waals surface area contributed by atoms with Crippen LogP contribution in [-0.4, -0.2) is 48.4 Å². The SMILES string of the molecule is c1ccc(Cn2cc3ccc(-c4cc(C5CCCN(C6CC6)CC5)n5ncncc45)cc3n2)cc1. The van der Waals surface area contributed by atoms with E-state index in [-0.39, 0.29) is 0 Å². The smallest absolute Gasteiger partial charge is 0.136 e. The third-order valence-corrected chi connectivity index (χ3v) is 7.77. The first-order chi connectivity index (χ1) is 17.3. The number of rotatable bonds is 5. The van der Waals surface area contributed by atoms with E-state index in [0.717, 1.165) is 29.0 Å². The summed E-state index contributed by atoms with van der Waals surface area (Å²) in [5, 5.41) is 10.7. The van der Waals surface area contributed by atoms with Gasteiger partial charge in [-0.25, -0.2) is 9.50 Å². The monoisotopic (exact) mass is 462 g/mol. The van der Waals surface area contributed by atoms with E-state index >= 15 is 0 Å². The van der Waals surface area contributed by atoms with Crippen molar-refractivity contribution in [1.29, 1.82) is 0 Å². The lowest BCUT2D eigenvalue weighted by Crippen LogP contribution is -2.26. The molecule has 3 aromatic heterocycles. The minimum atomic E-state index is 0.531. The van der Waals surface area contributed by atoms with Gasteiger partial charge in [0.15, 0.2) is 0 Å². The molecule has 1 unspecified atom stereocenters. The van der Waals surface area contributed by atoms with Gasteiger partial charge in [-0.3, -0.25) is 4.68 Å². The molecular formula is C29H30N6. The van der Waals surface area contributed by atoms with E-state index < -0.39 is 0 Å². The van der Waals surface area contributed by atoms with Crippen LogP contribution in [0.3, 0.4) is 0 Å². The number of hydrogen-bond acceptors (Lipinski definition) is 4. The molecule has 7 rings (SSSR count). The Morgan fingerprint density at radius 2 is 1.83 bits per heavy atom. The zero-order chi connectivity index (χ0) is 23.2. The van der Waals surface area contributed by atoms with Crippen LogP contribution in [-0.2, 0) is 6.54 Å². The summed E-state index contributed by atoms with van der Waals surface area (Å²) in [4.78, 5) is 7.09. The molecule has 2 aromatic carbocycles. The highest BCUT2D eigenvalue weighted by atomic mass is 15.3. The fourth-order valence-corrected chi connectivity index (χ4v) is 5.80. The Kier molecular flexibility index (Phi) is 5.12. The summed E-state index contributed by atoms with van der Waals surface area (Å²) in [7, 11) is 0. The van der Waals surface area contributed by atoms with Crippen molar-refractivity contribution in [2.75, 3.05) is 13.1 Å². The van der Waals surface area contributed by atoms with Crippen molar-refractivity contribution >= 4 is 16.4 Å². The molecule has 1 saturated carbocycles. The van der Waals surface area contributed by atoms with Gasteiger partial charge in [-0.15, -0.1) is 0 Å². The van der Waals surface area contributed by atoms with Gasteiger partial charge >= 0.3 is 0 Å². The van der Waals surface area contributed by atoms with Crippen LogP contribution in [0.5, 0.6) is 0 Å². The predicted molar refractivity (Wildman–Crippen MR) is 138 cm³/mol. The molecule has 0 bridgehead atoms. The third-order valence-electron chi connectivity index (χ3n) is 7.77. The lowest BCUT2D eigenvalue weighted by molar-refractivity contribution is 0.273. The summed E-state index contributed by atoms with van der Waals surface area (Å²) in [6.45, 7) is 3.22. The van der Waals surface area contributed by atoms with Gasteiger partial charge in [-0.2, -0.15) is 10.2 Å². The minimum absolute atomic E-state index is 0.531. The molecular weight excluding hydrogens is 432 g/mol. The quantitative estimate of drug-likeness (QED) is 0.345. The highest BCUT2D eigenvalue weighted by molar-refractivity contribution is 5.89. The number of benzene rings is 2. The maximum Gasteiger partial charge on any atom is 0.136 e. The summed E-state index contributed by atoms with van der Waals surface area (Å²) < 4.78 is 4.17. The van der Waals surface area contributed by atoms with E-state index in [0.29, 0.717) is 5.92 Å². The molecule has 176 valence electrons. The van der Waals surface area contributed by atoms with Gasteiger partial charge in [-0.05, 0) is 68.5 Å². The summed E-state index contributed by atoms with van der Waals surface area (Å²) >= 11 is 0. The van der Waals surface area contributed by atoms with E-state index in [1.165, 1.54) is 67.6 Å².